The minimum Gasteiger partial charge on any atom is -0.382 e. The van der Waals surface area contributed by atoms with E-state index in [9.17, 15) is 0 Å². The Morgan fingerprint density at radius 3 is 2.65 bits per heavy atom. The number of aliphatic imine (C=N–C) groups is 1. The predicted molar refractivity (Wildman–Crippen MR) is 107 cm³/mol. The van der Waals surface area contributed by atoms with Crippen molar-refractivity contribution in [2.75, 3.05) is 65.7 Å². The summed E-state index contributed by atoms with van der Waals surface area (Å²) in [7, 11) is 0. The third-order valence-electron chi connectivity index (χ3n) is 3.54. The van der Waals surface area contributed by atoms with Crippen LogP contribution in [0.5, 0.6) is 0 Å². The van der Waals surface area contributed by atoms with Gasteiger partial charge in [0.15, 0.2) is 5.96 Å². The lowest BCUT2D eigenvalue weighted by atomic mass is 10.1. The standard InChI is InChI=1S/C16H34N4O2.HI/c1-4-17-16(18-7-6-10-21-5-2)19-13-15(3)14-20-8-11-22-12-9-20;/h15H,4-14H2,1-3H3,(H2,17,18,19);1H. The van der Waals surface area contributed by atoms with Crippen molar-refractivity contribution in [1.29, 1.82) is 0 Å². The molecule has 0 bridgehead atoms. The third kappa shape index (κ3) is 12.0. The SMILES string of the molecule is CCNC(=NCC(C)CN1CCOCC1)NCCCOCC.I. The molecule has 2 N–H and O–H groups in total. The van der Waals surface area contributed by atoms with Gasteiger partial charge in [-0.05, 0) is 26.2 Å². The summed E-state index contributed by atoms with van der Waals surface area (Å²) >= 11 is 0. The molecule has 1 unspecified atom stereocenters. The molecule has 1 heterocycles. The smallest absolute Gasteiger partial charge is 0.191 e. The van der Waals surface area contributed by atoms with Crippen LogP contribution in [0.1, 0.15) is 27.2 Å². The third-order valence-corrected chi connectivity index (χ3v) is 3.54. The highest BCUT2D eigenvalue weighted by molar-refractivity contribution is 14.0. The quantitative estimate of drug-likeness (QED) is 0.233. The molecule has 1 rings (SSSR count). The second kappa shape index (κ2) is 15.4. The largest absolute Gasteiger partial charge is 0.382 e. The maximum absolute atomic E-state index is 5.38. The summed E-state index contributed by atoms with van der Waals surface area (Å²) < 4.78 is 10.7. The molecule has 7 heteroatoms. The molecule has 0 aromatic heterocycles. The van der Waals surface area contributed by atoms with Crippen molar-refractivity contribution in [3.8, 4) is 0 Å². The van der Waals surface area contributed by atoms with E-state index in [1.54, 1.807) is 0 Å². The molecule has 0 aromatic carbocycles. The summed E-state index contributed by atoms with van der Waals surface area (Å²) in [5.74, 6) is 1.46. The summed E-state index contributed by atoms with van der Waals surface area (Å²) in [6.07, 6.45) is 1.00. The van der Waals surface area contributed by atoms with Gasteiger partial charge in [0.05, 0.1) is 13.2 Å². The van der Waals surface area contributed by atoms with Gasteiger partial charge >= 0.3 is 0 Å². The van der Waals surface area contributed by atoms with Gasteiger partial charge in [-0.25, -0.2) is 0 Å². The fourth-order valence-electron chi connectivity index (χ4n) is 2.40. The highest BCUT2D eigenvalue weighted by atomic mass is 127. The molecule has 1 aliphatic rings. The van der Waals surface area contributed by atoms with E-state index in [4.69, 9.17) is 14.5 Å². The highest BCUT2D eigenvalue weighted by Crippen LogP contribution is 2.03. The molecule has 0 radical (unpaired) electrons. The molecule has 1 aliphatic heterocycles. The number of hydrogen-bond donors (Lipinski definition) is 2. The average molecular weight is 442 g/mol. The molecule has 0 spiro atoms. The summed E-state index contributed by atoms with van der Waals surface area (Å²) in [5.41, 5.74) is 0. The van der Waals surface area contributed by atoms with Gasteiger partial charge in [0.2, 0.25) is 0 Å². The van der Waals surface area contributed by atoms with Crippen LogP contribution in [-0.4, -0.2) is 76.6 Å². The average Bonchev–Trinajstić information content (AvgIpc) is 2.53. The number of nitrogens with zero attached hydrogens (tertiary/aromatic N) is 2. The fraction of sp³-hybridized carbons (Fsp3) is 0.938. The first-order valence-electron chi connectivity index (χ1n) is 8.66. The Bertz CT molecular complexity index is 300. The normalized spacial score (nSPS) is 17.4. The van der Waals surface area contributed by atoms with Crippen LogP contribution in [0.25, 0.3) is 0 Å². The monoisotopic (exact) mass is 442 g/mol. The summed E-state index contributed by atoms with van der Waals surface area (Å²) in [4.78, 5) is 7.16. The van der Waals surface area contributed by atoms with Crippen molar-refractivity contribution in [3.05, 3.63) is 0 Å². The lowest BCUT2D eigenvalue weighted by Gasteiger charge is -2.28. The number of guanidine groups is 1. The van der Waals surface area contributed by atoms with Gasteiger partial charge in [-0.15, -0.1) is 24.0 Å². The number of halogens is 1. The minimum atomic E-state index is 0. The van der Waals surface area contributed by atoms with E-state index in [0.29, 0.717) is 5.92 Å². The van der Waals surface area contributed by atoms with E-state index >= 15 is 0 Å². The number of rotatable bonds is 10. The molecule has 0 saturated carbocycles. The molecule has 1 fully saturated rings. The van der Waals surface area contributed by atoms with Crippen LogP contribution in [0.4, 0.5) is 0 Å². The van der Waals surface area contributed by atoms with E-state index < -0.39 is 0 Å². The number of morpholine rings is 1. The van der Waals surface area contributed by atoms with Crippen LogP contribution in [-0.2, 0) is 9.47 Å². The van der Waals surface area contributed by atoms with Crippen molar-refractivity contribution < 1.29 is 9.47 Å². The molecule has 0 aliphatic carbocycles. The van der Waals surface area contributed by atoms with E-state index in [1.807, 2.05) is 6.92 Å². The maximum atomic E-state index is 5.38. The fourth-order valence-corrected chi connectivity index (χ4v) is 2.40. The lowest BCUT2D eigenvalue weighted by Crippen LogP contribution is -2.40. The maximum Gasteiger partial charge on any atom is 0.191 e. The molecular formula is C16H35IN4O2. The van der Waals surface area contributed by atoms with Crippen molar-refractivity contribution >= 4 is 29.9 Å². The number of hydrogen-bond acceptors (Lipinski definition) is 4. The molecule has 0 aromatic rings. The van der Waals surface area contributed by atoms with E-state index in [1.165, 1.54) is 0 Å². The van der Waals surface area contributed by atoms with Gasteiger partial charge in [0.25, 0.3) is 0 Å². The summed E-state index contributed by atoms with van der Waals surface area (Å²) in [5, 5.41) is 6.66. The number of nitrogens with one attached hydrogen (secondary N) is 2. The Kier molecular flexibility index (Phi) is 15.3. The van der Waals surface area contributed by atoms with Gasteiger partial charge in [0, 0.05) is 52.5 Å². The van der Waals surface area contributed by atoms with E-state index in [0.717, 1.165) is 78.1 Å². The molecule has 6 nitrogen and oxygen atoms in total. The van der Waals surface area contributed by atoms with Gasteiger partial charge in [-0.3, -0.25) is 9.89 Å². The first kappa shape index (κ1) is 22.9. The van der Waals surface area contributed by atoms with Gasteiger partial charge in [0.1, 0.15) is 0 Å². The molecule has 138 valence electrons. The van der Waals surface area contributed by atoms with Gasteiger partial charge in [-0.2, -0.15) is 0 Å². The Balaban J connectivity index is 0.00000484. The zero-order chi connectivity index (χ0) is 16.0. The van der Waals surface area contributed by atoms with Gasteiger partial charge in [-0.1, -0.05) is 6.92 Å². The van der Waals surface area contributed by atoms with E-state index in [2.05, 4.69) is 29.4 Å². The Labute approximate surface area is 158 Å². The summed E-state index contributed by atoms with van der Waals surface area (Å²) in [6, 6.07) is 0. The van der Waals surface area contributed by atoms with Crippen LogP contribution in [0, 0.1) is 5.92 Å². The zero-order valence-electron chi connectivity index (χ0n) is 15.0. The molecule has 0 amide bonds. The van der Waals surface area contributed by atoms with Crippen LogP contribution in [0.15, 0.2) is 4.99 Å². The lowest BCUT2D eigenvalue weighted by molar-refractivity contribution is 0.0323. The second-order valence-corrected chi connectivity index (χ2v) is 5.72. The van der Waals surface area contributed by atoms with Crippen LogP contribution >= 0.6 is 24.0 Å². The van der Waals surface area contributed by atoms with Crippen molar-refractivity contribution in [3.63, 3.8) is 0 Å². The molecule has 1 atom stereocenters. The molecule has 1 saturated heterocycles. The topological polar surface area (TPSA) is 58.1 Å². The summed E-state index contributed by atoms with van der Waals surface area (Å²) in [6.45, 7) is 15.5. The van der Waals surface area contributed by atoms with Gasteiger partial charge < -0.3 is 20.1 Å². The molecular weight excluding hydrogens is 407 g/mol. The van der Waals surface area contributed by atoms with Crippen molar-refractivity contribution in [2.45, 2.75) is 27.2 Å². The van der Waals surface area contributed by atoms with E-state index in [-0.39, 0.29) is 24.0 Å². The zero-order valence-corrected chi connectivity index (χ0v) is 17.3. The van der Waals surface area contributed by atoms with Crippen LogP contribution in [0.3, 0.4) is 0 Å². The first-order chi connectivity index (χ1) is 10.8. The Hall–Kier alpha value is -0.120. The predicted octanol–water partition coefficient (Wildman–Crippen LogP) is 1.55. The number of ether oxygens (including phenoxy) is 2. The van der Waals surface area contributed by atoms with Crippen LogP contribution in [0.2, 0.25) is 0 Å². The minimum absolute atomic E-state index is 0. The highest BCUT2D eigenvalue weighted by Gasteiger charge is 2.13. The van der Waals surface area contributed by atoms with Crippen molar-refractivity contribution in [1.82, 2.24) is 15.5 Å². The second-order valence-electron chi connectivity index (χ2n) is 5.72. The molecule has 23 heavy (non-hydrogen) atoms. The van der Waals surface area contributed by atoms with Crippen molar-refractivity contribution in [2.24, 2.45) is 10.9 Å². The van der Waals surface area contributed by atoms with Crippen LogP contribution < -0.4 is 10.6 Å². The Morgan fingerprint density at radius 1 is 1.26 bits per heavy atom. The first-order valence-corrected chi connectivity index (χ1v) is 8.66. The Morgan fingerprint density at radius 2 is 2.00 bits per heavy atom.